The third-order valence-corrected chi connectivity index (χ3v) is 3.91. The molecule has 2 rings (SSSR count). The number of rotatable bonds is 4. The van der Waals surface area contributed by atoms with Crippen molar-refractivity contribution in [1.29, 1.82) is 0 Å². The molecule has 0 unspecified atom stereocenters. The van der Waals surface area contributed by atoms with E-state index in [1.807, 2.05) is 0 Å². The van der Waals surface area contributed by atoms with Crippen molar-refractivity contribution in [2.75, 3.05) is 6.54 Å². The molecule has 94 valence electrons. The van der Waals surface area contributed by atoms with Crippen molar-refractivity contribution in [3.8, 4) is 0 Å². The quantitative estimate of drug-likeness (QED) is 0.837. The molecule has 0 saturated heterocycles. The summed E-state index contributed by atoms with van der Waals surface area (Å²) in [6, 6.07) is 4.55. The van der Waals surface area contributed by atoms with Gasteiger partial charge in [-0.15, -0.1) is 0 Å². The van der Waals surface area contributed by atoms with Gasteiger partial charge in [0, 0.05) is 6.54 Å². The summed E-state index contributed by atoms with van der Waals surface area (Å²) in [7, 11) is 0. The molecule has 0 spiro atoms. The SMILES string of the molecule is Cc1cc(C)c(CNCC2CC(O)C2)cc1C. The van der Waals surface area contributed by atoms with Crippen molar-refractivity contribution < 1.29 is 5.11 Å². The second kappa shape index (κ2) is 5.19. The fraction of sp³-hybridized carbons (Fsp3) is 0.600. The molecule has 2 N–H and O–H groups in total. The number of aryl methyl sites for hydroxylation is 3. The summed E-state index contributed by atoms with van der Waals surface area (Å²) >= 11 is 0. The predicted molar refractivity (Wildman–Crippen MR) is 71.1 cm³/mol. The summed E-state index contributed by atoms with van der Waals surface area (Å²) in [5.41, 5.74) is 5.50. The van der Waals surface area contributed by atoms with Crippen LogP contribution in [0, 0.1) is 26.7 Å². The molecule has 0 radical (unpaired) electrons. The molecule has 2 heteroatoms. The maximum Gasteiger partial charge on any atom is 0.0546 e. The van der Waals surface area contributed by atoms with Crippen LogP contribution in [-0.2, 0) is 6.54 Å². The lowest BCUT2D eigenvalue weighted by Crippen LogP contribution is -2.36. The third kappa shape index (κ3) is 3.08. The number of hydrogen-bond acceptors (Lipinski definition) is 2. The van der Waals surface area contributed by atoms with Crippen LogP contribution in [0.15, 0.2) is 12.1 Å². The molecule has 17 heavy (non-hydrogen) atoms. The standard InChI is InChI=1S/C15H23NO/c1-10-4-12(3)14(5-11(10)2)9-16-8-13-6-15(17)7-13/h4-5,13,15-17H,6-9H2,1-3H3. The van der Waals surface area contributed by atoms with Gasteiger partial charge in [-0.25, -0.2) is 0 Å². The summed E-state index contributed by atoms with van der Waals surface area (Å²) in [5.74, 6) is 0.678. The molecule has 0 aliphatic heterocycles. The highest BCUT2D eigenvalue weighted by molar-refractivity contribution is 5.36. The molecule has 0 amide bonds. The van der Waals surface area contributed by atoms with Crippen LogP contribution in [0.4, 0.5) is 0 Å². The monoisotopic (exact) mass is 233 g/mol. The molecular formula is C15H23NO. The highest BCUT2D eigenvalue weighted by atomic mass is 16.3. The average molecular weight is 233 g/mol. The third-order valence-electron chi connectivity index (χ3n) is 3.91. The van der Waals surface area contributed by atoms with E-state index < -0.39 is 0 Å². The molecule has 0 heterocycles. The van der Waals surface area contributed by atoms with Crippen molar-refractivity contribution in [2.24, 2.45) is 5.92 Å². The van der Waals surface area contributed by atoms with E-state index in [1.165, 1.54) is 22.3 Å². The van der Waals surface area contributed by atoms with Gasteiger partial charge >= 0.3 is 0 Å². The van der Waals surface area contributed by atoms with E-state index in [0.29, 0.717) is 5.92 Å². The molecule has 1 fully saturated rings. The largest absolute Gasteiger partial charge is 0.393 e. The number of nitrogens with one attached hydrogen (secondary N) is 1. The number of aliphatic hydroxyl groups is 1. The molecule has 1 aliphatic carbocycles. The van der Waals surface area contributed by atoms with E-state index in [2.05, 4.69) is 38.2 Å². The fourth-order valence-corrected chi connectivity index (χ4v) is 2.49. The number of benzene rings is 1. The molecule has 1 aromatic rings. The lowest BCUT2D eigenvalue weighted by atomic mass is 9.82. The fourth-order valence-electron chi connectivity index (χ4n) is 2.49. The van der Waals surface area contributed by atoms with E-state index in [9.17, 15) is 5.11 Å². The van der Waals surface area contributed by atoms with Crippen LogP contribution >= 0.6 is 0 Å². The van der Waals surface area contributed by atoms with E-state index in [-0.39, 0.29) is 6.10 Å². The Balaban J connectivity index is 1.84. The van der Waals surface area contributed by atoms with Gasteiger partial charge in [-0.2, -0.15) is 0 Å². The zero-order valence-electron chi connectivity index (χ0n) is 11.1. The van der Waals surface area contributed by atoms with Gasteiger partial charge in [-0.05, 0) is 68.3 Å². The zero-order valence-corrected chi connectivity index (χ0v) is 11.1. The van der Waals surface area contributed by atoms with Crippen LogP contribution in [0.25, 0.3) is 0 Å². The lowest BCUT2D eigenvalue weighted by molar-refractivity contribution is 0.0429. The first kappa shape index (κ1) is 12.6. The van der Waals surface area contributed by atoms with Gasteiger partial charge in [0.2, 0.25) is 0 Å². The number of hydrogen-bond donors (Lipinski definition) is 2. The van der Waals surface area contributed by atoms with Gasteiger partial charge in [0.1, 0.15) is 0 Å². The summed E-state index contributed by atoms with van der Waals surface area (Å²) in [5, 5.41) is 12.7. The van der Waals surface area contributed by atoms with Crippen molar-refractivity contribution in [1.82, 2.24) is 5.32 Å². The average Bonchev–Trinajstić information content (AvgIpc) is 2.22. The van der Waals surface area contributed by atoms with Gasteiger partial charge in [-0.3, -0.25) is 0 Å². The van der Waals surface area contributed by atoms with E-state index in [4.69, 9.17) is 0 Å². The van der Waals surface area contributed by atoms with Crippen LogP contribution in [-0.4, -0.2) is 17.8 Å². The van der Waals surface area contributed by atoms with Crippen molar-refractivity contribution in [2.45, 2.75) is 46.3 Å². The van der Waals surface area contributed by atoms with E-state index >= 15 is 0 Å². The second-order valence-corrected chi connectivity index (χ2v) is 5.49. The molecule has 0 aromatic heterocycles. The Morgan fingerprint density at radius 1 is 1.12 bits per heavy atom. The molecule has 2 nitrogen and oxygen atoms in total. The van der Waals surface area contributed by atoms with Crippen LogP contribution in [0.1, 0.15) is 35.1 Å². The first-order valence-electron chi connectivity index (χ1n) is 6.51. The molecule has 1 aromatic carbocycles. The highest BCUT2D eigenvalue weighted by Crippen LogP contribution is 2.26. The van der Waals surface area contributed by atoms with Gasteiger partial charge in [0.25, 0.3) is 0 Å². The maximum absolute atomic E-state index is 9.22. The van der Waals surface area contributed by atoms with Crippen LogP contribution in [0.2, 0.25) is 0 Å². The minimum absolute atomic E-state index is 0.0369. The first-order chi connectivity index (χ1) is 8.06. The Bertz CT molecular complexity index is 394. The Kier molecular flexibility index (Phi) is 3.85. The molecular weight excluding hydrogens is 210 g/mol. The summed E-state index contributed by atoms with van der Waals surface area (Å²) in [6.07, 6.45) is 1.91. The predicted octanol–water partition coefficient (Wildman–Crippen LogP) is 2.47. The maximum atomic E-state index is 9.22. The van der Waals surface area contributed by atoms with E-state index in [0.717, 1.165) is 25.9 Å². The van der Waals surface area contributed by atoms with Crippen LogP contribution < -0.4 is 5.32 Å². The van der Waals surface area contributed by atoms with Crippen LogP contribution in [0.3, 0.4) is 0 Å². The molecule has 0 bridgehead atoms. The topological polar surface area (TPSA) is 32.3 Å². The minimum Gasteiger partial charge on any atom is -0.393 e. The summed E-state index contributed by atoms with van der Waals surface area (Å²) in [6.45, 7) is 8.48. The van der Waals surface area contributed by atoms with Crippen molar-refractivity contribution in [3.63, 3.8) is 0 Å². The second-order valence-electron chi connectivity index (χ2n) is 5.49. The lowest BCUT2D eigenvalue weighted by Gasteiger charge is -2.31. The van der Waals surface area contributed by atoms with E-state index in [1.54, 1.807) is 0 Å². The molecule has 0 atom stereocenters. The van der Waals surface area contributed by atoms with Gasteiger partial charge in [0.05, 0.1) is 6.10 Å². The van der Waals surface area contributed by atoms with Gasteiger partial charge in [-0.1, -0.05) is 12.1 Å². The van der Waals surface area contributed by atoms with Gasteiger partial charge in [0.15, 0.2) is 0 Å². The molecule has 1 aliphatic rings. The highest BCUT2D eigenvalue weighted by Gasteiger charge is 2.26. The van der Waals surface area contributed by atoms with Crippen molar-refractivity contribution in [3.05, 3.63) is 34.4 Å². The Labute approximate surface area is 104 Å². The number of aliphatic hydroxyl groups excluding tert-OH is 1. The summed E-state index contributed by atoms with van der Waals surface area (Å²) in [4.78, 5) is 0. The Morgan fingerprint density at radius 3 is 2.41 bits per heavy atom. The summed E-state index contributed by atoms with van der Waals surface area (Å²) < 4.78 is 0. The minimum atomic E-state index is -0.0369. The van der Waals surface area contributed by atoms with Crippen LogP contribution in [0.5, 0.6) is 0 Å². The smallest absolute Gasteiger partial charge is 0.0546 e. The normalized spacial score (nSPS) is 23.5. The Morgan fingerprint density at radius 2 is 1.76 bits per heavy atom. The first-order valence-corrected chi connectivity index (χ1v) is 6.51. The van der Waals surface area contributed by atoms with Crippen molar-refractivity contribution >= 4 is 0 Å². The molecule has 1 saturated carbocycles. The Hall–Kier alpha value is -0.860. The van der Waals surface area contributed by atoms with Gasteiger partial charge < -0.3 is 10.4 Å². The zero-order chi connectivity index (χ0) is 12.4.